The number of rotatable bonds is 41. The van der Waals surface area contributed by atoms with E-state index in [9.17, 15) is 61.0 Å². The van der Waals surface area contributed by atoms with Crippen LogP contribution in [0.2, 0.25) is 0 Å². The van der Waals surface area contributed by atoms with Crippen molar-refractivity contribution in [1.29, 1.82) is 0 Å². The highest BCUT2D eigenvalue weighted by molar-refractivity contribution is 5.76. The molecule has 3 aliphatic rings. The molecular weight excluding hydrogens is 975 g/mol. The molecule has 0 radical (unpaired) electrons. The van der Waals surface area contributed by atoms with Gasteiger partial charge in [-0.3, -0.25) is 4.79 Å². The van der Waals surface area contributed by atoms with Crippen LogP contribution >= 0.6 is 0 Å². The molecule has 3 aliphatic heterocycles. The van der Waals surface area contributed by atoms with E-state index in [4.69, 9.17) is 28.4 Å². The van der Waals surface area contributed by atoms with Gasteiger partial charge in [0.05, 0.1) is 38.6 Å². The van der Waals surface area contributed by atoms with Crippen LogP contribution in [0.25, 0.3) is 0 Å². The maximum absolute atomic E-state index is 13.3. The van der Waals surface area contributed by atoms with Gasteiger partial charge in [0.1, 0.15) is 73.2 Å². The molecule has 0 aromatic heterocycles. The lowest BCUT2D eigenvalue weighted by molar-refractivity contribution is -0.379. The van der Waals surface area contributed by atoms with E-state index < -0.39 is 124 Å². The number of nitrogens with one attached hydrogen (secondary N) is 1. The number of carbonyl (C=O) groups is 1. The summed E-state index contributed by atoms with van der Waals surface area (Å²) < 4.78 is 34.2. The molecule has 0 aromatic rings. The zero-order valence-corrected chi connectivity index (χ0v) is 45.3. The Bertz CT molecular complexity index is 1520. The molecule has 12 N–H and O–H groups in total. The molecule has 1 amide bonds. The van der Waals surface area contributed by atoms with Gasteiger partial charge in [0.25, 0.3) is 0 Å². The molecule has 19 nitrogen and oxygen atoms in total. The SMILES string of the molecule is CCCCCCCC/C=C\CCCCCCCC(=O)NC(COC1OC(CO)C(OC2OC(CO)C(OC3OC(CO)C(O)C(O)C3O)C(O)C2O)C(O)C1O)C(O)/C=C/CC/C=C/CCCCCCCCCCC. The average molecular weight is 1080 g/mol. The van der Waals surface area contributed by atoms with Gasteiger partial charge >= 0.3 is 0 Å². The van der Waals surface area contributed by atoms with Crippen LogP contribution in [0, 0.1) is 0 Å². The molecule has 3 fully saturated rings. The minimum absolute atomic E-state index is 0.225. The first-order chi connectivity index (χ1) is 36.3. The molecule has 0 aliphatic carbocycles. The second-order valence-corrected chi connectivity index (χ2v) is 20.7. The zero-order valence-electron chi connectivity index (χ0n) is 45.3. The maximum Gasteiger partial charge on any atom is 0.220 e. The Morgan fingerprint density at radius 2 is 0.853 bits per heavy atom. The van der Waals surface area contributed by atoms with Crippen molar-refractivity contribution in [3.8, 4) is 0 Å². The molecular formula is C56H101NO18. The van der Waals surface area contributed by atoms with Gasteiger partial charge in [-0.15, -0.1) is 0 Å². The summed E-state index contributed by atoms with van der Waals surface area (Å²) in [6.45, 7) is 1.67. The van der Waals surface area contributed by atoms with Gasteiger partial charge in [0, 0.05) is 6.42 Å². The second-order valence-electron chi connectivity index (χ2n) is 20.7. The lowest BCUT2D eigenvalue weighted by Gasteiger charge is -2.48. The number of carbonyl (C=O) groups excluding carboxylic acids is 1. The summed E-state index contributed by atoms with van der Waals surface area (Å²) in [4.78, 5) is 13.3. The number of hydrogen-bond acceptors (Lipinski definition) is 18. The van der Waals surface area contributed by atoms with Gasteiger partial charge < -0.3 is 89.9 Å². The molecule has 0 saturated carbocycles. The van der Waals surface area contributed by atoms with Crippen molar-refractivity contribution >= 4 is 5.91 Å². The van der Waals surface area contributed by atoms with Crippen molar-refractivity contribution in [2.45, 2.75) is 285 Å². The Hall–Kier alpha value is -1.99. The van der Waals surface area contributed by atoms with Gasteiger partial charge in [-0.25, -0.2) is 0 Å². The molecule has 438 valence electrons. The third-order valence-electron chi connectivity index (χ3n) is 14.4. The Balaban J connectivity index is 1.55. The lowest BCUT2D eigenvalue weighted by atomic mass is 9.96. The molecule has 75 heavy (non-hydrogen) atoms. The van der Waals surface area contributed by atoms with Crippen LogP contribution in [-0.4, -0.2) is 193 Å². The van der Waals surface area contributed by atoms with E-state index in [1.165, 1.54) is 89.9 Å². The highest BCUT2D eigenvalue weighted by Gasteiger charge is 2.53. The molecule has 0 spiro atoms. The van der Waals surface area contributed by atoms with Crippen molar-refractivity contribution in [3.63, 3.8) is 0 Å². The summed E-state index contributed by atoms with van der Waals surface area (Å²) in [6, 6.07) is -0.991. The normalized spacial score (nSPS) is 31.5. The minimum atomic E-state index is -1.98. The van der Waals surface area contributed by atoms with E-state index in [-0.39, 0.29) is 18.9 Å². The predicted octanol–water partition coefficient (Wildman–Crippen LogP) is 4.15. The molecule has 0 aromatic carbocycles. The van der Waals surface area contributed by atoms with Crippen LogP contribution in [0.15, 0.2) is 36.5 Å². The summed E-state index contributed by atoms with van der Waals surface area (Å²) in [7, 11) is 0. The van der Waals surface area contributed by atoms with Crippen LogP contribution in [0.5, 0.6) is 0 Å². The molecule has 19 heteroatoms. The highest BCUT2D eigenvalue weighted by Crippen LogP contribution is 2.33. The number of allylic oxidation sites excluding steroid dienone is 5. The van der Waals surface area contributed by atoms with E-state index in [1.807, 2.05) is 6.08 Å². The molecule has 3 saturated heterocycles. The van der Waals surface area contributed by atoms with Crippen LogP contribution in [-0.2, 0) is 33.2 Å². The van der Waals surface area contributed by atoms with E-state index >= 15 is 0 Å². The fourth-order valence-electron chi connectivity index (χ4n) is 9.61. The minimum Gasteiger partial charge on any atom is -0.394 e. The van der Waals surface area contributed by atoms with Crippen LogP contribution in [0.1, 0.15) is 181 Å². The predicted molar refractivity (Wildman–Crippen MR) is 282 cm³/mol. The van der Waals surface area contributed by atoms with Gasteiger partial charge in [-0.2, -0.15) is 0 Å². The maximum atomic E-state index is 13.3. The largest absolute Gasteiger partial charge is 0.394 e. The topological polar surface area (TPSA) is 307 Å². The highest BCUT2D eigenvalue weighted by atomic mass is 16.8. The first-order valence-corrected chi connectivity index (χ1v) is 28.7. The zero-order chi connectivity index (χ0) is 54.8. The van der Waals surface area contributed by atoms with Crippen molar-refractivity contribution in [2.24, 2.45) is 0 Å². The van der Waals surface area contributed by atoms with Gasteiger partial charge in [-0.05, 0) is 57.8 Å². The van der Waals surface area contributed by atoms with Crippen LogP contribution in [0.3, 0.4) is 0 Å². The third-order valence-corrected chi connectivity index (χ3v) is 14.4. The Kier molecular flexibility index (Phi) is 36.1. The Labute approximate surface area is 447 Å². The number of aliphatic hydroxyl groups excluding tert-OH is 11. The smallest absolute Gasteiger partial charge is 0.220 e. The summed E-state index contributed by atoms with van der Waals surface area (Å²) in [5, 5.41) is 120. The fraction of sp³-hybridized carbons (Fsp3) is 0.875. The van der Waals surface area contributed by atoms with Gasteiger partial charge in [-0.1, -0.05) is 153 Å². The monoisotopic (exact) mass is 1080 g/mol. The Morgan fingerprint density at radius 3 is 1.33 bits per heavy atom. The first-order valence-electron chi connectivity index (χ1n) is 28.7. The summed E-state index contributed by atoms with van der Waals surface area (Å²) in [5.41, 5.74) is 0. The molecule has 0 bridgehead atoms. The van der Waals surface area contributed by atoms with E-state index in [2.05, 4.69) is 43.5 Å². The Morgan fingerprint density at radius 1 is 0.467 bits per heavy atom. The number of aliphatic hydroxyl groups is 11. The fourth-order valence-corrected chi connectivity index (χ4v) is 9.61. The average Bonchev–Trinajstić information content (AvgIpc) is 3.41. The quantitative estimate of drug-likeness (QED) is 0.0302. The van der Waals surface area contributed by atoms with E-state index in [1.54, 1.807) is 6.08 Å². The van der Waals surface area contributed by atoms with Crippen molar-refractivity contribution in [2.75, 3.05) is 26.4 Å². The third kappa shape index (κ3) is 24.9. The summed E-state index contributed by atoms with van der Waals surface area (Å²) in [6.07, 6.45) is 14.2. The van der Waals surface area contributed by atoms with Gasteiger partial charge in [0.15, 0.2) is 18.9 Å². The summed E-state index contributed by atoms with van der Waals surface area (Å²) >= 11 is 0. The van der Waals surface area contributed by atoms with Crippen molar-refractivity contribution in [1.82, 2.24) is 5.32 Å². The molecule has 17 unspecified atom stereocenters. The lowest BCUT2D eigenvalue weighted by Crippen LogP contribution is -2.66. The number of hydrogen-bond donors (Lipinski definition) is 12. The van der Waals surface area contributed by atoms with Crippen LogP contribution < -0.4 is 5.32 Å². The van der Waals surface area contributed by atoms with Crippen molar-refractivity contribution < 1.29 is 89.4 Å². The van der Waals surface area contributed by atoms with Crippen LogP contribution in [0.4, 0.5) is 0 Å². The first kappa shape index (κ1) is 67.3. The summed E-state index contributed by atoms with van der Waals surface area (Å²) in [5.74, 6) is -0.296. The molecule has 3 rings (SSSR count). The molecule has 17 atom stereocenters. The van der Waals surface area contributed by atoms with E-state index in [0.717, 1.165) is 57.8 Å². The second kappa shape index (κ2) is 40.2. The van der Waals surface area contributed by atoms with E-state index in [0.29, 0.717) is 12.8 Å². The number of ether oxygens (including phenoxy) is 6. The number of amides is 1. The standard InChI is InChI=1S/C56H101NO18/c1-3-5-7-9-11-13-15-17-19-21-23-25-27-29-31-33-40(61)39(57-44(62)34-32-30-28-26-24-22-20-18-16-14-12-10-8-6-4-2)38-70-54-50(68)47(65)52(42(36-59)72-54)75-56-51(69)48(66)53(43(37-60)73-56)74-55-49(67)46(64)45(63)41(35-58)71-55/h18,20,23,25,31,33,39-43,45-56,58-61,63-69H,3-17,19,21-22,24,26-30,32,34-38H2,1-2H3,(H,57,62)/b20-18-,25-23+,33-31+. The van der Waals surface area contributed by atoms with Crippen molar-refractivity contribution in [3.05, 3.63) is 36.5 Å². The number of unbranched alkanes of at least 4 members (excludes halogenated alkanes) is 21. The van der Waals surface area contributed by atoms with Gasteiger partial charge in [0.2, 0.25) is 5.91 Å². The molecule has 3 heterocycles.